The Morgan fingerprint density at radius 1 is 1.11 bits per heavy atom. The van der Waals surface area contributed by atoms with Crippen LogP contribution in [0.3, 0.4) is 0 Å². The summed E-state index contributed by atoms with van der Waals surface area (Å²) in [5.74, 6) is 0. The molecule has 1 aromatic carbocycles. The third-order valence-electron chi connectivity index (χ3n) is 3.75. The first-order valence-electron chi connectivity index (χ1n) is 6.79. The highest BCUT2D eigenvalue weighted by Gasteiger charge is 2.16. The summed E-state index contributed by atoms with van der Waals surface area (Å²) in [5, 5.41) is 3.30. The van der Waals surface area contributed by atoms with Gasteiger partial charge in [0.25, 0.3) is 5.56 Å². The molecule has 0 aliphatic heterocycles. The van der Waals surface area contributed by atoms with Crippen LogP contribution >= 0.6 is 15.9 Å². The number of aryl methyl sites for hydroxylation is 1. The Kier molecular flexibility index (Phi) is 3.60. The van der Waals surface area contributed by atoms with E-state index in [2.05, 4.69) is 21.0 Å². The number of benzene rings is 1. The number of aromatic amines is 1. The fourth-order valence-electron chi connectivity index (χ4n) is 2.70. The van der Waals surface area contributed by atoms with Crippen LogP contribution in [0.5, 0.6) is 0 Å². The molecule has 0 unspecified atom stereocenters. The molecule has 0 atom stereocenters. The molecular weight excluding hydrogens is 304 g/mol. The molecule has 2 aromatic rings. The standard InChI is InChI=1S/C15H17BrN2O/c16-12-8-6-11(7-9-12)10-18-15(19)13-4-2-1-3-5-14(13)17-18/h6-9,17H,1-5,10H2. The van der Waals surface area contributed by atoms with Crippen molar-refractivity contribution in [3.05, 3.63) is 55.9 Å². The Bertz CT molecular complexity index is 625. The van der Waals surface area contributed by atoms with Crippen LogP contribution in [-0.4, -0.2) is 9.78 Å². The predicted molar refractivity (Wildman–Crippen MR) is 79.6 cm³/mol. The lowest BCUT2D eigenvalue weighted by molar-refractivity contribution is 0.630. The SMILES string of the molecule is O=c1c2c([nH]n1Cc1ccc(Br)cc1)CCCCC2. The number of rotatable bonds is 2. The Morgan fingerprint density at radius 2 is 1.84 bits per heavy atom. The van der Waals surface area contributed by atoms with Crippen molar-refractivity contribution in [2.24, 2.45) is 0 Å². The van der Waals surface area contributed by atoms with Gasteiger partial charge < -0.3 is 0 Å². The van der Waals surface area contributed by atoms with Crippen molar-refractivity contribution < 1.29 is 0 Å². The maximum absolute atomic E-state index is 12.4. The van der Waals surface area contributed by atoms with E-state index in [1.165, 1.54) is 12.8 Å². The number of H-pyrrole nitrogens is 1. The van der Waals surface area contributed by atoms with Crippen LogP contribution in [-0.2, 0) is 19.4 Å². The zero-order chi connectivity index (χ0) is 13.2. The Hall–Kier alpha value is -1.29. The van der Waals surface area contributed by atoms with Gasteiger partial charge in [0.2, 0.25) is 0 Å². The van der Waals surface area contributed by atoms with Gasteiger partial charge in [0, 0.05) is 15.7 Å². The number of hydrogen-bond donors (Lipinski definition) is 1. The molecule has 0 saturated carbocycles. The largest absolute Gasteiger partial charge is 0.299 e. The molecule has 1 heterocycles. The van der Waals surface area contributed by atoms with Crippen molar-refractivity contribution in [1.82, 2.24) is 9.78 Å². The summed E-state index contributed by atoms with van der Waals surface area (Å²) in [6.45, 7) is 0.624. The maximum Gasteiger partial charge on any atom is 0.270 e. The Labute approximate surface area is 120 Å². The summed E-state index contributed by atoms with van der Waals surface area (Å²) in [5.41, 5.74) is 3.47. The van der Waals surface area contributed by atoms with Gasteiger partial charge in [0.05, 0.1) is 6.54 Å². The lowest BCUT2D eigenvalue weighted by Crippen LogP contribution is -2.19. The minimum atomic E-state index is 0.166. The molecule has 3 nitrogen and oxygen atoms in total. The Balaban J connectivity index is 1.89. The van der Waals surface area contributed by atoms with Crippen molar-refractivity contribution in [3.63, 3.8) is 0 Å². The zero-order valence-corrected chi connectivity index (χ0v) is 12.4. The molecule has 0 saturated heterocycles. The first-order valence-corrected chi connectivity index (χ1v) is 7.58. The van der Waals surface area contributed by atoms with E-state index in [-0.39, 0.29) is 5.56 Å². The molecular formula is C15H17BrN2O. The molecule has 3 rings (SSSR count). The fraction of sp³-hybridized carbons (Fsp3) is 0.400. The smallest absolute Gasteiger partial charge is 0.270 e. The molecule has 100 valence electrons. The van der Waals surface area contributed by atoms with Crippen LogP contribution in [0.15, 0.2) is 33.5 Å². The number of fused-ring (bicyclic) bond motifs is 1. The second-order valence-electron chi connectivity index (χ2n) is 5.15. The third-order valence-corrected chi connectivity index (χ3v) is 4.27. The van der Waals surface area contributed by atoms with E-state index in [1.807, 2.05) is 24.3 Å². The van der Waals surface area contributed by atoms with Crippen molar-refractivity contribution >= 4 is 15.9 Å². The van der Waals surface area contributed by atoms with E-state index in [9.17, 15) is 4.79 Å². The van der Waals surface area contributed by atoms with Gasteiger partial charge in [-0.3, -0.25) is 9.89 Å². The van der Waals surface area contributed by atoms with Gasteiger partial charge in [-0.1, -0.05) is 34.5 Å². The van der Waals surface area contributed by atoms with Gasteiger partial charge in [-0.15, -0.1) is 0 Å². The van der Waals surface area contributed by atoms with Crippen molar-refractivity contribution in [1.29, 1.82) is 0 Å². The third kappa shape index (κ3) is 2.68. The van der Waals surface area contributed by atoms with Crippen LogP contribution in [0, 0.1) is 0 Å². The normalized spacial score (nSPS) is 15.0. The summed E-state index contributed by atoms with van der Waals surface area (Å²) in [7, 11) is 0. The first-order chi connectivity index (χ1) is 9.24. The molecule has 4 heteroatoms. The first kappa shape index (κ1) is 12.7. The van der Waals surface area contributed by atoms with Gasteiger partial charge in [-0.25, -0.2) is 4.68 Å². The van der Waals surface area contributed by atoms with E-state index in [0.29, 0.717) is 6.54 Å². The number of nitrogens with zero attached hydrogens (tertiary/aromatic N) is 1. The van der Waals surface area contributed by atoms with Crippen LogP contribution in [0.4, 0.5) is 0 Å². The molecule has 0 spiro atoms. The lowest BCUT2D eigenvalue weighted by atomic mass is 10.1. The summed E-state index contributed by atoms with van der Waals surface area (Å²) in [6.07, 6.45) is 5.49. The quantitative estimate of drug-likeness (QED) is 0.847. The molecule has 0 fully saturated rings. The molecule has 0 amide bonds. The molecule has 0 bridgehead atoms. The van der Waals surface area contributed by atoms with Gasteiger partial charge in [0.1, 0.15) is 0 Å². The fourth-order valence-corrected chi connectivity index (χ4v) is 2.97. The van der Waals surface area contributed by atoms with Crippen molar-refractivity contribution in [2.75, 3.05) is 0 Å². The second-order valence-corrected chi connectivity index (χ2v) is 6.06. The van der Waals surface area contributed by atoms with E-state index in [1.54, 1.807) is 4.68 Å². The van der Waals surface area contributed by atoms with Gasteiger partial charge in [-0.2, -0.15) is 0 Å². The van der Waals surface area contributed by atoms with E-state index in [4.69, 9.17) is 0 Å². The molecule has 19 heavy (non-hydrogen) atoms. The molecule has 1 N–H and O–H groups in total. The number of halogens is 1. The lowest BCUT2D eigenvalue weighted by Gasteiger charge is -2.03. The van der Waals surface area contributed by atoms with Crippen LogP contribution < -0.4 is 5.56 Å². The molecule has 1 aliphatic rings. The second kappa shape index (κ2) is 5.37. The topological polar surface area (TPSA) is 37.8 Å². The number of aromatic nitrogens is 2. The maximum atomic E-state index is 12.4. The predicted octanol–water partition coefficient (Wildman–Crippen LogP) is 3.26. The summed E-state index contributed by atoms with van der Waals surface area (Å²) < 4.78 is 2.81. The van der Waals surface area contributed by atoms with Crippen molar-refractivity contribution in [3.8, 4) is 0 Å². The summed E-state index contributed by atoms with van der Waals surface area (Å²) in [4.78, 5) is 12.4. The zero-order valence-electron chi connectivity index (χ0n) is 10.8. The van der Waals surface area contributed by atoms with Gasteiger partial charge in [-0.05, 0) is 43.4 Å². The van der Waals surface area contributed by atoms with Crippen LogP contribution in [0.25, 0.3) is 0 Å². The van der Waals surface area contributed by atoms with E-state index >= 15 is 0 Å². The van der Waals surface area contributed by atoms with E-state index in [0.717, 1.165) is 40.6 Å². The highest BCUT2D eigenvalue weighted by Crippen LogP contribution is 2.17. The summed E-state index contributed by atoms with van der Waals surface area (Å²) >= 11 is 3.42. The minimum Gasteiger partial charge on any atom is -0.299 e. The van der Waals surface area contributed by atoms with E-state index < -0.39 is 0 Å². The molecule has 1 aliphatic carbocycles. The highest BCUT2D eigenvalue weighted by molar-refractivity contribution is 9.10. The molecule has 0 radical (unpaired) electrons. The summed E-state index contributed by atoms with van der Waals surface area (Å²) in [6, 6.07) is 8.10. The highest BCUT2D eigenvalue weighted by atomic mass is 79.9. The number of hydrogen-bond acceptors (Lipinski definition) is 1. The minimum absolute atomic E-state index is 0.166. The van der Waals surface area contributed by atoms with Gasteiger partial charge in [0.15, 0.2) is 0 Å². The monoisotopic (exact) mass is 320 g/mol. The molecule has 1 aromatic heterocycles. The van der Waals surface area contributed by atoms with Crippen LogP contribution in [0.1, 0.15) is 36.1 Å². The Morgan fingerprint density at radius 3 is 2.63 bits per heavy atom. The average Bonchev–Trinajstić information content (AvgIpc) is 2.60. The van der Waals surface area contributed by atoms with Gasteiger partial charge >= 0.3 is 0 Å². The van der Waals surface area contributed by atoms with Crippen LogP contribution in [0.2, 0.25) is 0 Å². The number of nitrogens with one attached hydrogen (secondary N) is 1. The van der Waals surface area contributed by atoms with Crippen molar-refractivity contribution in [2.45, 2.75) is 38.6 Å². The average molecular weight is 321 g/mol.